The molecular formula is C15H20N2O5S. The molecule has 0 aromatic heterocycles. The van der Waals surface area contributed by atoms with Crippen molar-refractivity contribution in [2.75, 3.05) is 18.0 Å². The number of nitrogens with zero attached hydrogens (tertiary/aromatic N) is 1. The average molecular weight is 340 g/mol. The molecule has 1 aromatic rings. The topological polar surface area (TPSA) is 104 Å². The van der Waals surface area contributed by atoms with Crippen molar-refractivity contribution < 1.29 is 23.1 Å². The normalized spacial score (nSPS) is 14.4. The van der Waals surface area contributed by atoms with Crippen molar-refractivity contribution in [2.45, 2.75) is 37.5 Å². The minimum Gasteiger partial charge on any atom is -0.481 e. The van der Waals surface area contributed by atoms with Crippen LogP contribution in [0.15, 0.2) is 23.1 Å². The van der Waals surface area contributed by atoms with Gasteiger partial charge in [0, 0.05) is 32.1 Å². The summed E-state index contributed by atoms with van der Waals surface area (Å²) in [4.78, 5) is 23.8. The lowest BCUT2D eigenvalue weighted by Gasteiger charge is -2.29. The summed E-state index contributed by atoms with van der Waals surface area (Å²) in [6.45, 7) is 2.10. The SMILES string of the molecule is CC(=O)N1CCCc2ccc(S(=O)(=O)NCCCC(=O)O)cc21. The standard InChI is InChI=1S/C15H20N2O5S/c1-11(18)17-9-3-4-12-6-7-13(10-14(12)17)23(21,22)16-8-2-5-15(19)20/h6-7,10,16H,2-5,8-9H2,1H3,(H,19,20). The summed E-state index contributed by atoms with van der Waals surface area (Å²) in [6, 6.07) is 4.76. The molecule has 126 valence electrons. The van der Waals surface area contributed by atoms with Crippen LogP contribution in [0.2, 0.25) is 0 Å². The van der Waals surface area contributed by atoms with E-state index in [4.69, 9.17) is 5.11 Å². The zero-order valence-corrected chi connectivity index (χ0v) is 13.7. The van der Waals surface area contributed by atoms with E-state index in [1.54, 1.807) is 11.0 Å². The number of hydrogen-bond donors (Lipinski definition) is 2. The molecule has 0 radical (unpaired) electrons. The molecule has 0 spiro atoms. The number of amides is 1. The molecule has 2 N–H and O–H groups in total. The number of anilines is 1. The molecule has 1 aromatic carbocycles. The second-order valence-electron chi connectivity index (χ2n) is 5.46. The van der Waals surface area contributed by atoms with Gasteiger partial charge in [0.05, 0.1) is 4.90 Å². The molecule has 8 heteroatoms. The first kappa shape index (κ1) is 17.4. The molecule has 0 saturated carbocycles. The first-order chi connectivity index (χ1) is 10.8. The van der Waals surface area contributed by atoms with Gasteiger partial charge in [-0.3, -0.25) is 9.59 Å². The maximum absolute atomic E-state index is 12.3. The highest BCUT2D eigenvalue weighted by Gasteiger charge is 2.23. The van der Waals surface area contributed by atoms with Gasteiger partial charge < -0.3 is 10.0 Å². The van der Waals surface area contributed by atoms with Gasteiger partial charge in [-0.05, 0) is 37.0 Å². The predicted octanol–water partition coefficient (Wildman–Crippen LogP) is 1.13. The largest absolute Gasteiger partial charge is 0.481 e. The van der Waals surface area contributed by atoms with Gasteiger partial charge in [0.1, 0.15) is 0 Å². The number of carbonyl (C=O) groups excluding carboxylic acids is 1. The first-order valence-electron chi connectivity index (χ1n) is 7.44. The highest BCUT2D eigenvalue weighted by molar-refractivity contribution is 7.89. The first-order valence-corrected chi connectivity index (χ1v) is 8.92. The van der Waals surface area contributed by atoms with Crippen LogP contribution in [0.1, 0.15) is 31.7 Å². The molecule has 2 rings (SSSR count). The Balaban J connectivity index is 2.18. The number of hydrogen-bond acceptors (Lipinski definition) is 4. The zero-order chi connectivity index (χ0) is 17.0. The van der Waals surface area contributed by atoms with Gasteiger partial charge in [0.25, 0.3) is 0 Å². The summed E-state index contributed by atoms with van der Waals surface area (Å²) in [5, 5.41) is 8.56. The molecule has 0 atom stereocenters. The van der Waals surface area contributed by atoms with Crippen molar-refractivity contribution in [1.82, 2.24) is 4.72 Å². The second kappa shape index (κ2) is 7.10. The molecule has 7 nitrogen and oxygen atoms in total. The second-order valence-corrected chi connectivity index (χ2v) is 7.23. The Morgan fingerprint density at radius 3 is 2.74 bits per heavy atom. The number of sulfonamides is 1. The Morgan fingerprint density at radius 2 is 2.09 bits per heavy atom. The van der Waals surface area contributed by atoms with E-state index in [0.717, 1.165) is 18.4 Å². The van der Waals surface area contributed by atoms with Gasteiger partial charge in [0.15, 0.2) is 0 Å². The van der Waals surface area contributed by atoms with Gasteiger partial charge >= 0.3 is 5.97 Å². The molecule has 23 heavy (non-hydrogen) atoms. The van der Waals surface area contributed by atoms with Crippen molar-refractivity contribution in [1.29, 1.82) is 0 Å². The minimum absolute atomic E-state index is 0.0577. The molecule has 0 fully saturated rings. The van der Waals surface area contributed by atoms with E-state index in [0.29, 0.717) is 12.2 Å². The molecular weight excluding hydrogens is 320 g/mol. The van der Waals surface area contributed by atoms with E-state index in [1.807, 2.05) is 0 Å². The fraction of sp³-hybridized carbons (Fsp3) is 0.467. The van der Waals surface area contributed by atoms with Gasteiger partial charge in [-0.2, -0.15) is 0 Å². The van der Waals surface area contributed by atoms with Crippen LogP contribution in [-0.2, 0) is 26.0 Å². The summed E-state index contributed by atoms with van der Waals surface area (Å²) in [6.07, 6.45) is 1.79. The maximum Gasteiger partial charge on any atom is 0.303 e. The third-order valence-corrected chi connectivity index (χ3v) is 5.18. The lowest BCUT2D eigenvalue weighted by atomic mass is 10.0. The number of aliphatic carboxylic acids is 1. The molecule has 1 heterocycles. The van der Waals surface area contributed by atoms with Crippen molar-refractivity contribution in [2.24, 2.45) is 0 Å². The maximum atomic E-state index is 12.3. The molecule has 1 aliphatic heterocycles. The van der Waals surface area contributed by atoms with Gasteiger partial charge in [-0.25, -0.2) is 13.1 Å². The number of fused-ring (bicyclic) bond motifs is 1. The number of carboxylic acid groups (broad SMARTS) is 1. The summed E-state index contributed by atoms with van der Waals surface area (Å²) in [5.41, 5.74) is 1.59. The predicted molar refractivity (Wildman–Crippen MR) is 84.8 cm³/mol. The van der Waals surface area contributed by atoms with Crippen LogP contribution in [0.3, 0.4) is 0 Å². The summed E-state index contributed by atoms with van der Waals surface area (Å²) in [5.74, 6) is -1.08. The van der Waals surface area contributed by atoms with Gasteiger partial charge in [-0.15, -0.1) is 0 Å². The Kier molecular flexibility index (Phi) is 5.38. The Hall–Kier alpha value is -1.93. The van der Waals surface area contributed by atoms with Crippen LogP contribution in [0.25, 0.3) is 0 Å². The molecule has 0 aliphatic carbocycles. The lowest BCUT2D eigenvalue weighted by molar-refractivity contribution is -0.137. The summed E-state index contributed by atoms with van der Waals surface area (Å²) < 4.78 is 26.9. The number of carboxylic acids is 1. The molecule has 0 saturated heterocycles. The third kappa shape index (κ3) is 4.29. The Bertz CT molecular complexity index is 715. The lowest BCUT2D eigenvalue weighted by Crippen LogP contribution is -2.34. The van der Waals surface area contributed by atoms with E-state index >= 15 is 0 Å². The van der Waals surface area contributed by atoms with Gasteiger partial charge in [-0.1, -0.05) is 6.07 Å². The highest BCUT2D eigenvalue weighted by Crippen LogP contribution is 2.29. The number of rotatable bonds is 6. The number of aryl methyl sites for hydroxylation is 1. The van der Waals surface area contributed by atoms with E-state index in [2.05, 4.69) is 4.72 Å². The van der Waals surface area contributed by atoms with Crippen molar-refractivity contribution in [3.63, 3.8) is 0 Å². The minimum atomic E-state index is -3.72. The van der Waals surface area contributed by atoms with E-state index < -0.39 is 16.0 Å². The van der Waals surface area contributed by atoms with Crippen LogP contribution in [-0.4, -0.2) is 38.5 Å². The van der Waals surface area contributed by atoms with Crippen LogP contribution in [0.4, 0.5) is 5.69 Å². The van der Waals surface area contributed by atoms with E-state index in [1.165, 1.54) is 19.1 Å². The quantitative estimate of drug-likeness (QED) is 0.756. The van der Waals surface area contributed by atoms with Crippen LogP contribution < -0.4 is 9.62 Å². The number of carbonyl (C=O) groups is 2. The monoisotopic (exact) mass is 340 g/mol. The fourth-order valence-corrected chi connectivity index (χ4v) is 3.67. The Morgan fingerprint density at radius 1 is 1.35 bits per heavy atom. The summed E-state index contributed by atoms with van der Waals surface area (Å²) >= 11 is 0. The fourth-order valence-electron chi connectivity index (χ4n) is 2.58. The van der Waals surface area contributed by atoms with E-state index in [-0.39, 0.29) is 30.2 Å². The van der Waals surface area contributed by atoms with Crippen molar-refractivity contribution in [3.05, 3.63) is 23.8 Å². The average Bonchev–Trinajstić information content (AvgIpc) is 2.50. The molecule has 0 bridgehead atoms. The Labute approximate surface area is 135 Å². The summed E-state index contributed by atoms with van der Waals surface area (Å²) in [7, 11) is -3.72. The van der Waals surface area contributed by atoms with Gasteiger partial charge in [0.2, 0.25) is 15.9 Å². The number of benzene rings is 1. The molecule has 0 unspecified atom stereocenters. The van der Waals surface area contributed by atoms with Crippen molar-refractivity contribution >= 4 is 27.6 Å². The van der Waals surface area contributed by atoms with Crippen molar-refractivity contribution in [3.8, 4) is 0 Å². The number of nitrogens with one attached hydrogen (secondary N) is 1. The molecule has 1 amide bonds. The molecule has 1 aliphatic rings. The third-order valence-electron chi connectivity index (χ3n) is 3.73. The van der Waals surface area contributed by atoms with Crippen LogP contribution >= 0.6 is 0 Å². The smallest absolute Gasteiger partial charge is 0.303 e. The highest BCUT2D eigenvalue weighted by atomic mass is 32.2. The van der Waals surface area contributed by atoms with Crippen LogP contribution in [0.5, 0.6) is 0 Å². The zero-order valence-electron chi connectivity index (χ0n) is 12.9. The van der Waals surface area contributed by atoms with E-state index in [9.17, 15) is 18.0 Å². The van der Waals surface area contributed by atoms with Crippen LogP contribution in [0, 0.1) is 0 Å².